The predicted octanol–water partition coefficient (Wildman–Crippen LogP) is 5.20. The average molecular weight is 622 g/mol. The van der Waals surface area contributed by atoms with Crippen LogP contribution in [0.15, 0.2) is 59.8 Å². The first-order chi connectivity index (χ1) is 19.8. The molecule has 0 unspecified atom stereocenters. The number of sulfonamides is 1. The number of piperazine rings is 1. The lowest BCUT2D eigenvalue weighted by Gasteiger charge is -2.34. The molecule has 3 heterocycles. The predicted molar refractivity (Wildman–Crippen MR) is 152 cm³/mol. The molecule has 0 spiro atoms. The van der Waals surface area contributed by atoms with E-state index in [0.29, 0.717) is 24.3 Å². The molecule has 1 aliphatic heterocycles. The van der Waals surface area contributed by atoms with Crippen LogP contribution < -0.4 is 14.4 Å². The first-order valence-corrected chi connectivity index (χ1v) is 14.7. The van der Waals surface area contributed by atoms with Gasteiger partial charge in [-0.25, -0.2) is 18.1 Å². The Labute approximate surface area is 245 Å². The third-order valence-corrected chi connectivity index (χ3v) is 8.43. The fourth-order valence-corrected chi connectivity index (χ4v) is 5.75. The third kappa shape index (κ3) is 6.15. The number of halogens is 4. The van der Waals surface area contributed by atoms with Gasteiger partial charge in [-0.2, -0.15) is 23.3 Å². The molecule has 42 heavy (non-hydrogen) atoms. The quantitative estimate of drug-likeness (QED) is 0.300. The maximum absolute atomic E-state index is 14.7. The van der Waals surface area contributed by atoms with Crippen LogP contribution in [-0.4, -0.2) is 66.3 Å². The van der Waals surface area contributed by atoms with Crippen LogP contribution in [0.5, 0.6) is 11.6 Å². The van der Waals surface area contributed by atoms with Gasteiger partial charge in [0.25, 0.3) is 10.0 Å². The topological polar surface area (TPSA) is 105 Å². The molecule has 10 nitrogen and oxygen atoms in total. The number of hydrogen-bond acceptors (Lipinski definition) is 8. The zero-order chi connectivity index (χ0) is 30.2. The van der Waals surface area contributed by atoms with Crippen LogP contribution in [0, 0.1) is 6.92 Å². The van der Waals surface area contributed by atoms with Crippen LogP contribution in [0.1, 0.15) is 11.1 Å². The van der Waals surface area contributed by atoms with Crippen molar-refractivity contribution >= 4 is 33.3 Å². The first kappa shape index (κ1) is 29.6. The normalized spacial score (nSPS) is 14.7. The van der Waals surface area contributed by atoms with E-state index in [2.05, 4.69) is 24.7 Å². The molecule has 4 aromatic rings. The summed E-state index contributed by atoms with van der Waals surface area (Å²) < 4.78 is 79.5. The number of aryl methyl sites for hydroxylation is 2. The highest BCUT2D eigenvalue weighted by molar-refractivity contribution is 7.92. The Bertz CT molecular complexity index is 1720. The van der Waals surface area contributed by atoms with Crippen molar-refractivity contribution in [1.82, 2.24) is 24.6 Å². The van der Waals surface area contributed by atoms with Crippen molar-refractivity contribution < 1.29 is 26.3 Å². The van der Waals surface area contributed by atoms with Gasteiger partial charge in [-0.15, -0.1) is 0 Å². The third-order valence-electron chi connectivity index (χ3n) is 6.77. The van der Waals surface area contributed by atoms with Crippen LogP contribution in [0.4, 0.5) is 24.8 Å². The maximum atomic E-state index is 14.7. The van der Waals surface area contributed by atoms with Crippen molar-refractivity contribution in [3.05, 3.63) is 71.0 Å². The summed E-state index contributed by atoms with van der Waals surface area (Å²) in [5.41, 5.74) is -0.635. The average Bonchev–Trinajstić information content (AvgIpc) is 3.37. The highest BCUT2D eigenvalue weighted by Gasteiger charge is 2.41. The minimum atomic E-state index is -4.98. The molecule has 5 rings (SSSR count). The van der Waals surface area contributed by atoms with Crippen LogP contribution in [0.25, 0.3) is 11.3 Å². The van der Waals surface area contributed by atoms with Crippen molar-refractivity contribution in [3.63, 3.8) is 0 Å². The molecular formula is C27H27ClF3N7O3S. The Balaban J connectivity index is 1.65. The second-order valence-electron chi connectivity index (χ2n) is 9.83. The van der Waals surface area contributed by atoms with E-state index in [4.69, 9.17) is 16.3 Å². The van der Waals surface area contributed by atoms with Crippen molar-refractivity contribution in [2.45, 2.75) is 18.0 Å². The molecule has 0 bridgehead atoms. The molecule has 1 N–H and O–H groups in total. The highest BCUT2D eigenvalue weighted by Crippen LogP contribution is 2.45. The SMILES string of the molecule is Cc1ccccc1-c1nc(NS(=O)(=O)c2cnn(C)c2)nc(Oc2cccc(N3CCN(C)CC3)c2Cl)c1C(F)(F)F. The van der Waals surface area contributed by atoms with E-state index >= 15 is 0 Å². The molecule has 1 fully saturated rings. The molecular weight excluding hydrogens is 595 g/mol. The van der Waals surface area contributed by atoms with Gasteiger partial charge in [0.1, 0.15) is 21.2 Å². The summed E-state index contributed by atoms with van der Waals surface area (Å²) in [6, 6.07) is 11.1. The molecule has 0 aliphatic carbocycles. The fraction of sp³-hybridized carbons (Fsp3) is 0.296. The van der Waals surface area contributed by atoms with Gasteiger partial charge in [0.15, 0.2) is 0 Å². The summed E-state index contributed by atoms with van der Waals surface area (Å²) in [6.07, 6.45) is -2.65. The number of hydrogen-bond donors (Lipinski definition) is 1. The lowest BCUT2D eigenvalue weighted by atomic mass is 10.0. The molecule has 0 radical (unpaired) electrons. The smallest absolute Gasteiger partial charge is 0.423 e. The summed E-state index contributed by atoms with van der Waals surface area (Å²) in [7, 11) is -0.783. The van der Waals surface area contributed by atoms with Gasteiger partial charge in [-0.1, -0.05) is 41.9 Å². The minimum absolute atomic E-state index is 0.0749. The van der Waals surface area contributed by atoms with E-state index in [1.807, 2.05) is 11.9 Å². The Hall–Kier alpha value is -3.88. The standard InChI is InChI=1S/C27H27ClF3N7O3S/c1-17-7-4-5-8-19(17)24-22(27(29,30)31)25(34-26(33-24)35-42(39,40)18-15-32-37(3)16-18)41-21-10-6-9-20(23(21)28)38-13-11-36(2)12-14-38/h4-10,15-16H,11-14H2,1-3H3,(H,33,34,35). The monoisotopic (exact) mass is 621 g/mol. The number of nitrogens with zero attached hydrogens (tertiary/aromatic N) is 6. The van der Waals surface area contributed by atoms with Gasteiger partial charge < -0.3 is 14.5 Å². The van der Waals surface area contributed by atoms with Crippen molar-refractivity contribution in [3.8, 4) is 22.9 Å². The molecule has 1 aliphatic rings. The van der Waals surface area contributed by atoms with Gasteiger partial charge in [0, 0.05) is 45.0 Å². The number of benzene rings is 2. The van der Waals surface area contributed by atoms with E-state index in [1.165, 1.54) is 30.1 Å². The molecule has 2 aromatic heterocycles. The van der Waals surface area contributed by atoms with Gasteiger partial charge in [-0.05, 0) is 31.7 Å². The van der Waals surface area contributed by atoms with Gasteiger partial charge in [-0.3, -0.25) is 4.68 Å². The maximum Gasteiger partial charge on any atom is 0.423 e. The van der Waals surface area contributed by atoms with E-state index < -0.39 is 39.3 Å². The number of aromatic nitrogens is 4. The largest absolute Gasteiger partial charge is 0.437 e. The first-order valence-electron chi connectivity index (χ1n) is 12.8. The van der Waals surface area contributed by atoms with Gasteiger partial charge in [0.2, 0.25) is 11.8 Å². The Morgan fingerprint density at radius 1 is 1.00 bits per heavy atom. The molecule has 1 saturated heterocycles. The van der Waals surface area contributed by atoms with Gasteiger partial charge >= 0.3 is 6.18 Å². The van der Waals surface area contributed by atoms with E-state index in [0.717, 1.165) is 19.3 Å². The summed E-state index contributed by atoms with van der Waals surface area (Å²) in [5, 5.41) is 3.94. The summed E-state index contributed by atoms with van der Waals surface area (Å²) in [4.78, 5) is 11.9. The van der Waals surface area contributed by atoms with Crippen molar-refractivity contribution in [2.75, 3.05) is 42.8 Å². The van der Waals surface area contributed by atoms with Crippen LogP contribution in [-0.2, 0) is 23.2 Å². The van der Waals surface area contributed by atoms with E-state index in [9.17, 15) is 21.6 Å². The van der Waals surface area contributed by atoms with Crippen LogP contribution in [0.2, 0.25) is 5.02 Å². The number of anilines is 2. The molecule has 0 saturated carbocycles. The van der Waals surface area contributed by atoms with Crippen molar-refractivity contribution in [2.24, 2.45) is 7.05 Å². The molecule has 222 valence electrons. The van der Waals surface area contributed by atoms with E-state index in [-0.39, 0.29) is 21.2 Å². The number of nitrogens with one attached hydrogen (secondary N) is 1. The second-order valence-corrected chi connectivity index (χ2v) is 11.9. The molecule has 0 atom stereocenters. The second kappa shape index (κ2) is 11.4. The number of likely N-dealkylation sites (N-methyl/N-ethyl adjacent to an activating group) is 1. The molecule has 15 heteroatoms. The Kier molecular flexibility index (Phi) is 8.05. The van der Waals surface area contributed by atoms with Crippen LogP contribution in [0.3, 0.4) is 0 Å². The number of rotatable bonds is 7. The van der Waals surface area contributed by atoms with Crippen LogP contribution >= 0.6 is 11.6 Å². The zero-order valence-corrected chi connectivity index (χ0v) is 24.4. The highest BCUT2D eigenvalue weighted by atomic mass is 35.5. The summed E-state index contributed by atoms with van der Waals surface area (Å²) >= 11 is 6.68. The van der Waals surface area contributed by atoms with Gasteiger partial charge in [0.05, 0.1) is 17.6 Å². The van der Waals surface area contributed by atoms with Crippen molar-refractivity contribution in [1.29, 1.82) is 0 Å². The summed E-state index contributed by atoms with van der Waals surface area (Å²) in [6.45, 7) is 4.52. The fourth-order valence-electron chi connectivity index (χ4n) is 4.54. The Morgan fingerprint density at radius 3 is 2.36 bits per heavy atom. The minimum Gasteiger partial charge on any atom is -0.437 e. The lowest BCUT2D eigenvalue weighted by Crippen LogP contribution is -2.44. The number of ether oxygens (including phenoxy) is 1. The lowest BCUT2D eigenvalue weighted by molar-refractivity contribution is -0.138. The Morgan fingerprint density at radius 2 is 1.71 bits per heavy atom. The van der Waals surface area contributed by atoms with E-state index in [1.54, 1.807) is 37.3 Å². The molecule has 2 aromatic carbocycles. The zero-order valence-electron chi connectivity index (χ0n) is 22.9. The molecule has 0 amide bonds. The number of alkyl halides is 3. The summed E-state index contributed by atoms with van der Waals surface area (Å²) in [5.74, 6) is -1.60.